The zero-order valence-electron chi connectivity index (χ0n) is 8.27. The SMILES string of the molecule is CCCCc1nnnc2ccccc12. The Hall–Kier alpha value is -1.51. The number of rotatable bonds is 3. The molecule has 0 spiro atoms. The average Bonchev–Trinajstić information content (AvgIpc) is 2.26. The third-order valence-corrected chi connectivity index (χ3v) is 2.30. The molecule has 0 bridgehead atoms. The van der Waals surface area contributed by atoms with Crippen LogP contribution in [-0.4, -0.2) is 15.4 Å². The first kappa shape index (κ1) is 9.06. The van der Waals surface area contributed by atoms with E-state index in [2.05, 4.69) is 28.4 Å². The van der Waals surface area contributed by atoms with E-state index in [1.165, 1.54) is 6.42 Å². The molecule has 3 nitrogen and oxygen atoms in total. The van der Waals surface area contributed by atoms with Crippen molar-refractivity contribution in [2.75, 3.05) is 0 Å². The summed E-state index contributed by atoms with van der Waals surface area (Å²) in [4.78, 5) is 0. The maximum Gasteiger partial charge on any atom is 0.0966 e. The highest BCUT2D eigenvalue weighted by Crippen LogP contribution is 2.14. The zero-order chi connectivity index (χ0) is 9.80. The van der Waals surface area contributed by atoms with Crippen molar-refractivity contribution < 1.29 is 0 Å². The number of aryl methyl sites for hydroxylation is 1. The van der Waals surface area contributed by atoms with Gasteiger partial charge in [-0.05, 0) is 24.1 Å². The van der Waals surface area contributed by atoms with Crippen molar-refractivity contribution in [3.8, 4) is 0 Å². The molecule has 3 heteroatoms. The van der Waals surface area contributed by atoms with Gasteiger partial charge in [-0.25, -0.2) is 0 Å². The average molecular weight is 187 g/mol. The molecule has 0 radical (unpaired) electrons. The quantitative estimate of drug-likeness (QED) is 0.740. The molecule has 0 N–H and O–H groups in total. The molecule has 2 rings (SSSR count). The van der Waals surface area contributed by atoms with Gasteiger partial charge >= 0.3 is 0 Å². The minimum atomic E-state index is 0.939. The fraction of sp³-hybridized carbons (Fsp3) is 0.364. The minimum absolute atomic E-state index is 0.939. The molecule has 0 aliphatic rings. The van der Waals surface area contributed by atoms with Crippen LogP contribution < -0.4 is 0 Å². The minimum Gasteiger partial charge on any atom is -0.135 e. The number of fused-ring (bicyclic) bond motifs is 1. The smallest absolute Gasteiger partial charge is 0.0966 e. The number of hydrogen-bond donors (Lipinski definition) is 0. The highest BCUT2D eigenvalue weighted by atomic mass is 15.3. The molecule has 0 atom stereocenters. The van der Waals surface area contributed by atoms with Crippen LogP contribution in [0.5, 0.6) is 0 Å². The summed E-state index contributed by atoms with van der Waals surface area (Å²) in [5.74, 6) is 0. The van der Waals surface area contributed by atoms with E-state index < -0.39 is 0 Å². The van der Waals surface area contributed by atoms with Crippen molar-refractivity contribution >= 4 is 10.9 Å². The van der Waals surface area contributed by atoms with Crippen LogP contribution >= 0.6 is 0 Å². The first-order chi connectivity index (χ1) is 6.92. The van der Waals surface area contributed by atoms with Gasteiger partial charge in [0, 0.05) is 5.39 Å². The molecule has 0 saturated heterocycles. The molecule has 72 valence electrons. The fourth-order valence-corrected chi connectivity index (χ4v) is 1.51. The molecule has 0 saturated carbocycles. The summed E-state index contributed by atoms with van der Waals surface area (Å²) in [7, 11) is 0. The standard InChI is InChI=1S/C11H13N3/c1-2-3-7-10-9-6-4-5-8-11(9)13-14-12-10/h4-6,8H,2-3,7H2,1H3. The molecule has 14 heavy (non-hydrogen) atoms. The van der Waals surface area contributed by atoms with Crippen LogP contribution in [0, 0.1) is 0 Å². The van der Waals surface area contributed by atoms with E-state index in [0.29, 0.717) is 0 Å². The van der Waals surface area contributed by atoms with Gasteiger partial charge in [-0.15, -0.1) is 10.2 Å². The second-order valence-electron chi connectivity index (χ2n) is 3.36. The Morgan fingerprint density at radius 3 is 2.86 bits per heavy atom. The Kier molecular flexibility index (Phi) is 2.68. The largest absolute Gasteiger partial charge is 0.135 e. The molecule has 0 fully saturated rings. The molecule has 2 aromatic rings. The third-order valence-electron chi connectivity index (χ3n) is 2.30. The van der Waals surface area contributed by atoms with E-state index in [-0.39, 0.29) is 0 Å². The van der Waals surface area contributed by atoms with Gasteiger partial charge in [0.05, 0.1) is 11.2 Å². The van der Waals surface area contributed by atoms with Gasteiger partial charge in [0.2, 0.25) is 0 Å². The van der Waals surface area contributed by atoms with E-state index in [4.69, 9.17) is 0 Å². The molecule has 1 heterocycles. The normalized spacial score (nSPS) is 10.6. The van der Waals surface area contributed by atoms with Crippen LogP contribution in [0.4, 0.5) is 0 Å². The maximum absolute atomic E-state index is 4.08. The molecule has 1 aromatic carbocycles. The van der Waals surface area contributed by atoms with Gasteiger partial charge in [-0.1, -0.05) is 31.5 Å². The van der Waals surface area contributed by atoms with Crippen LogP contribution in [0.1, 0.15) is 25.5 Å². The van der Waals surface area contributed by atoms with Crippen LogP contribution in [0.15, 0.2) is 24.3 Å². The van der Waals surface area contributed by atoms with Crippen molar-refractivity contribution in [1.82, 2.24) is 15.4 Å². The van der Waals surface area contributed by atoms with E-state index >= 15 is 0 Å². The molecular weight excluding hydrogens is 174 g/mol. The lowest BCUT2D eigenvalue weighted by Gasteiger charge is -2.01. The Bertz CT molecular complexity index is 420. The van der Waals surface area contributed by atoms with Crippen molar-refractivity contribution in [2.24, 2.45) is 0 Å². The monoisotopic (exact) mass is 187 g/mol. The first-order valence-electron chi connectivity index (χ1n) is 4.99. The van der Waals surface area contributed by atoms with E-state index in [1.807, 2.05) is 18.2 Å². The van der Waals surface area contributed by atoms with E-state index in [9.17, 15) is 0 Å². The van der Waals surface area contributed by atoms with Crippen molar-refractivity contribution in [3.63, 3.8) is 0 Å². The number of nitrogens with zero attached hydrogens (tertiary/aromatic N) is 3. The van der Waals surface area contributed by atoms with Gasteiger partial charge in [0.25, 0.3) is 0 Å². The topological polar surface area (TPSA) is 38.7 Å². The summed E-state index contributed by atoms with van der Waals surface area (Å²) < 4.78 is 0. The fourth-order valence-electron chi connectivity index (χ4n) is 1.51. The molecule has 0 unspecified atom stereocenters. The number of benzene rings is 1. The summed E-state index contributed by atoms with van der Waals surface area (Å²) in [6.45, 7) is 2.18. The highest BCUT2D eigenvalue weighted by Gasteiger charge is 2.02. The van der Waals surface area contributed by atoms with Crippen molar-refractivity contribution in [2.45, 2.75) is 26.2 Å². The predicted molar refractivity (Wildman–Crippen MR) is 55.9 cm³/mol. The summed E-state index contributed by atoms with van der Waals surface area (Å²) in [5.41, 5.74) is 2.01. The number of aromatic nitrogens is 3. The highest BCUT2D eigenvalue weighted by molar-refractivity contribution is 5.79. The Morgan fingerprint density at radius 2 is 2.00 bits per heavy atom. The maximum atomic E-state index is 4.08. The lowest BCUT2D eigenvalue weighted by molar-refractivity contribution is 0.749. The summed E-state index contributed by atoms with van der Waals surface area (Å²) >= 11 is 0. The van der Waals surface area contributed by atoms with Gasteiger partial charge in [-0.3, -0.25) is 0 Å². The second-order valence-corrected chi connectivity index (χ2v) is 3.36. The van der Waals surface area contributed by atoms with Crippen LogP contribution in [0.25, 0.3) is 10.9 Å². The first-order valence-corrected chi connectivity index (χ1v) is 4.99. The lowest BCUT2D eigenvalue weighted by Crippen LogP contribution is -1.97. The second kappa shape index (κ2) is 4.13. The van der Waals surface area contributed by atoms with Gasteiger partial charge < -0.3 is 0 Å². The third kappa shape index (κ3) is 1.71. The van der Waals surface area contributed by atoms with Crippen LogP contribution in [0.2, 0.25) is 0 Å². The summed E-state index contributed by atoms with van der Waals surface area (Å²) in [6, 6.07) is 8.02. The van der Waals surface area contributed by atoms with E-state index in [1.54, 1.807) is 0 Å². The van der Waals surface area contributed by atoms with Crippen LogP contribution in [-0.2, 0) is 6.42 Å². The van der Waals surface area contributed by atoms with E-state index in [0.717, 1.165) is 29.4 Å². The van der Waals surface area contributed by atoms with Crippen molar-refractivity contribution in [3.05, 3.63) is 30.0 Å². The van der Waals surface area contributed by atoms with Gasteiger partial charge in [-0.2, -0.15) is 0 Å². The zero-order valence-corrected chi connectivity index (χ0v) is 8.27. The summed E-state index contributed by atoms with van der Waals surface area (Å²) in [5, 5.41) is 13.0. The van der Waals surface area contributed by atoms with Crippen LogP contribution in [0.3, 0.4) is 0 Å². The Balaban J connectivity index is 2.43. The molecule has 0 aliphatic heterocycles. The number of unbranched alkanes of at least 4 members (excludes halogenated alkanes) is 1. The molecule has 0 amide bonds. The Labute approximate surface area is 83.2 Å². The summed E-state index contributed by atoms with van der Waals surface area (Å²) in [6.07, 6.45) is 3.33. The molecular formula is C11H13N3. The number of hydrogen-bond acceptors (Lipinski definition) is 3. The van der Waals surface area contributed by atoms with Gasteiger partial charge in [0.15, 0.2) is 0 Å². The van der Waals surface area contributed by atoms with Crippen molar-refractivity contribution in [1.29, 1.82) is 0 Å². The molecule has 0 aliphatic carbocycles. The predicted octanol–water partition coefficient (Wildman–Crippen LogP) is 2.37. The molecule has 1 aromatic heterocycles. The Morgan fingerprint density at radius 1 is 1.14 bits per heavy atom. The van der Waals surface area contributed by atoms with Gasteiger partial charge in [0.1, 0.15) is 0 Å². The lowest BCUT2D eigenvalue weighted by atomic mass is 10.1.